The minimum Gasteiger partial charge on any atom is -0.488 e. The second kappa shape index (κ2) is 8.78. The number of benzene rings is 3. The maximum Gasteiger partial charge on any atom is 0.306 e. The van der Waals surface area contributed by atoms with Gasteiger partial charge in [-0.1, -0.05) is 55.5 Å². The lowest BCUT2D eigenvalue weighted by atomic mass is 9.95. The molecule has 4 aromatic rings. The van der Waals surface area contributed by atoms with Crippen molar-refractivity contribution >= 4 is 16.7 Å². The third-order valence-corrected chi connectivity index (χ3v) is 5.19. The Bertz CT molecular complexity index is 1170. The molecule has 1 N–H and O–H groups in total. The second-order valence-electron chi connectivity index (χ2n) is 7.49. The highest BCUT2D eigenvalue weighted by atomic mass is 16.5. The lowest BCUT2D eigenvalue weighted by Gasteiger charge is -2.15. The SMILES string of the molecule is CC(Cc1ccc(OCc2cccnc2)c(-c2ccc3ccccc3c2)c1)C(=O)O. The van der Waals surface area contributed by atoms with E-state index in [0.717, 1.165) is 33.4 Å². The van der Waals surface area contributed by atoms with E-state index in [2.05, 4.69) is 35.3 Å². The zero-order valence-corrected chi connectivity index (χ0v) is 16.8. The normalized spacial score (nSPS) is 11.9. The van der Waals surface area contributed by atoms with Crippen LogP contribution in [0.4, 0.5) is 0 Å². The Morgan fingerprint density at radius 1 is 0.967 bits per heavy atom. The van der Waals surface area contributed by atoms with E-state index >= 15 is 0 Å². The summed E-state index contributed by atoms with van der Waals surface area (Å²) in [6.07, 6.45) is 4.00. The summed E-state index contributed by atoms with van der Waals surface area (Å²) in [4.78, 5) is 15.4. The molecule has 3 aromatic carbocycles. The first-order valence-corrected chi connectivity index (χ1v) is 9.97. The summed E-state index contributed by atoms with van der Waals surface area (Å²) in [5, 5.41) is 11.6. The molecule has 1 heterocycles. The van der Waals surface area contributed by atoms with Crippen LogP contribution < -0.4 is 4.74 Å². The number of fused-ring (bicyclic) bond motifs is 1. The molecule has 30 heavy (non-hydrogen) atoms. The van der Waals surface area contributed by atoms with E-state index in [1.165, 1.54) is 5.39 Å². The fraction of sp³-hybridized carbons (Fsp3) is 0.154. The van der Waals surface area contributed by atoms with Gasteiger partial charge in [0.1, 0.15) is 12.4 Å². The number of carboxylic acids is 1. The summed E-state index contributed by atoms with van der Waals surface area (Å²) in [5.41, 5.74) is 3.96. The van der Waals surface area contributed by atoms with E-state index < -0.39 is 11.9 Å². The topological polar surface area (TPSA) is 59.4 Å². The minimum absolute atomic E-state index is 0.416. The molecule has 0 aliphatic heterocycles. The van der Waals surface area contributed by atoms with E-state index in [1.807, 2.05) is 42.5 Å². The van der Waals surface area contributed by atoms with E-state index in [0.29, 0.717) is 13.0 Å². The number of ether oxygens (including phenoxy) is 1. The fourth-order valence-electron chi connectivity index (χ4n) is 3.50. The number of hydrogen-bond donors (Lipinski definition) is 1. The lowest BCUT2D eigenvalue weighted by Crippen LogP contribution is -2.12. The van der Waals surface area contributed by atoms with E-state index in [-0.39, 0.29) is 0 Å². The first-order valence-electron chi connectivity index (χ1n) is 9.97. The fourth-order valence-corrected chi connectivity index (χ4v) is 3.50. The molecule has 4 rings (SSSR count). The van der Waals surface area contributed by atoms with E-state index in [1.54, 1.807) is 19.3 Å². The molecule has 1 atom stereocenters. The van der Waals surface area contributed by atoms with Gasteiger partial charge in [-0.15, -0.1) is 0 Å². The first kappa shape index (κ1) is 19.6. The number of carbonyl (C=O) groups is 1. The van der Waals surface area contributed by atoms with Gasteiger partial charge >= 0.3 is 5.97 Å². The smallest absolute Gasteiger partial charge is 0.306 e. The summed E-state index contributed by atoms with van der Waals surface area (Å²) in [6.45, 7) is 2.14. The highest BCUT2D eigenvalue weighted by molar-refractivity contribution is 5.88. The third kappa shape index (κ3) is 4.49. The number of pyridine rings is 1. The average Bonchev–Trinajstić information content (AvgIpc) is 2.78. The molecule has 0 bridgehead atoms. The molecule has 0 amide bonds. The van der Waals surface area contributed by atoms with Crippen LogP contribution >= 0.6 is 0 Å². The van der Waals surface area contributed by atoms with Crippen molar-refractivity contribution in [2.45, 2.75) is 20.0 Å². The number of aromatic nitrogens is 1. The maximum absolute atomic E-state index is 11.3. The summed E-state index contributed by atoms with van der Waals surface area (Å²) in [5.74, 6) is -0.475. The quantitative estimate of drug-likeness (QED) is 0.432. The van der Waals surface area contributed by atoms with Crippen molar-refractivity contribution in [3.63, 3.8) is 0 Å². The van der Waals surface area contributed by atoms with Gasteiger partial charge < -0.3 is 9.84 Å². The highest BCUT2D eigenvalue weighted by Crippen LogP contribution is 2.34. The van der Waals surface area contributed by atoms with Crippen LogP contribution in [0.3, 0.4) is 0 Å². The Kier molecular flexibility index (Phi) is 5.75. The molecule has 0 saturated heterocycles. The Hall–Kier alpha value is -3.66. The molecule has 0 aliphatic carbocycles. The lowest BCUT2D eigenvalue weighted by molar-refractivity contribution is -0.141. The zero-order chi connectivity index (χ0) is 20.9. The molecule has 0 radical (unpaired) electrons. The van der Waals surface area contributed by atoms with Gasteiger partial charge in [0.05, 0.1) is 5.92 Å². The molecule has 4 heteroatoms. The van der Waals surface area contributed by atoms with Crippen LogP contribution in [0.2, 0.25) is 0 Å². The average molecular weight is 397 g/mol. The number of carboxylic acid groups (broad SMARTS) is 1. The molecule has 1 aromatic heterocycles. The van der Waals surface area contributed by atoms with Gasteiger partial charge in [0.25, 0.3) is 0 Å². The summed E-state index contributed by atoms with van der Waals surface area (Å²) in [6, 6.07) is 24.3. The molecule has 0 spiro atoms. The van der Waals surface area contributed by atoms with Crippen molar-refractivity contribution in [2.24, 2.45) is 5.92 Å². The molecule has 4 nitrogen and oxygen atoms in total. The van der Waals surface area contributed by atoms with Crippen LogP contribution in [-0.2, 0) is 17.8 Å². The van der Waals surface area contributed by atoms with Crippen molar-refractivity contribution < 1.29 is 14.6 Å². The van der Waals surface area contributed by atoms with Crippen molar-refractivity contribution in [2.75, 3.05) is 0 Å². The molecule has 150 valence electrons. The van der Waals surface area contributed by atoms with Crippen LogP contribution in [-0.4, -0.2) is 16.1 Å². The summed E-state index contributed by atoms with van der Waals surface area (Å²) < 4.78 is 6.14. The summed E-state index contributed by atoms with van der Waals surface area (Å²) in [7, 11) is 0. The Morgan fingerprint density at radius 3 is 2.57 bits per heavy atom. The van der Waals surface area contributed by atoms with Gasteiger partial charge in [-0.2, -0.15) is 0 Å². The van der Waals surface area contributed by atoms with Gasteiger partial charge in [-0.25, -0.2) is 0 Å². The molecular formula is C26H23NO3. The maximum atomic E-state index is 11.3. The predicted molar refractivity (Wildman–Crippen MR) is 118 cm³/mol. The van der Waals surface area contributed by atoms with Crippen molar-refractivity contribution in [1.29, 1.82) is 0 Å². The van der Waals surface area contributed by atoms with Crippen LogP contribution in [0.25, 0.3) is 21.9 Å². The molecule has 0 aliphatic rings. The molecule has 0 fully saturated rings. The first-order chi connectivity index (χ1) is 14.6. The molecule has 0 saturated carbocycles. The predicted octanol–water partition coefficient (Wildman–Crippen LogP) is 5.74. The van der Waals surface area contributed by atoms with Gasteiger partial charge in [0.2, 0.25) is 0 Å². The Balaban J connectivity index is 1.71. The standard InChI is InChI=1S/C26H23NO3/c1-18(26(28)29)13-19-8-11-25(30-17-20-5-4-12-27-16-20)24(14-19)23-10-9-21-6-2-3-7-22(21)15-23/h2-12,14-16,18H,13,17H2,1H3,(H,28,29). The zero-order valence-electron chi connectivity index (χ0n) is 16.8. The van der Waals surface area contributed by atoms with Crippen LogP contribution in [0.15, 0.2) is 85.2 Å². The second-order valence-corrected chi connectivity index (χ2v) is 7.49. The third-order valence-electron chi connectivity index (χ3n) is 5.19. The molecule has 1 unspecified atom stereocenters. The van der Waals surface area contributed by atoms with E-state index in [9.17, 15) is 9.90 Å². The van der Waals surface area contributed by atoms with Crippen LogP contribution in [0.5, 0.6) is 5.75 Å². The van der Waals surface area contributed by atoms with Crippen molar-refractivity contribution in [3.8, 4) is 16.9 Å². The highest BCUT2D eigenvalue weighted by Gasteiger charge is 2.15. The molecular weight excluding hydrogens is 374 g/mol. The Labute approximate surface area is 175 Å². The van der Waals surface area contributed by atoms with Gasteiger partial charge in [-0.05, 0) is 52.6 Å². The summed E-state index contributed by atoms with van der Waals surface area (Å²) >= 11 is 0. The van der Waals surface area contributed by atoms with E-state index in [4.69, 9.17) is 4.74 Å². The van der Waals surface area contributed by atoms with Crippen LogP contribution in [0, 0.1) is 5.92 Å². The van der Waals surface area contributed by atoms with Crippen molar-refractivity contribution in [3.05, 3.63) is 96.3 Å². The van der Waals surface area contributed by atoms with Crippen LogP contribution in [0.1, 0.15) is 18.1 Å². The van der Waals surface area contributed by atoms with Gasteiger partial charge in [0.15, 0.2) is 0 Å². The Morgan fingerprint density at radius 2 is 1.80 bits per heavy atom. The number of aliphatic carboxylic acids is 1. The largest absolute Gasteiger partial charge is 0.488 e. The van der Waals surface area contributed by atoms with Crippen molar-refractivity contribution in [1.82, 2.24) is 4.98 Å². The minimum atomic E-state index is -0.792. The number of nitrogens with zero attached hydrogens (tertiary/aromatic N) is 1. The number of hydrogen-bond acceptors (Lipinski definition) is 3. The number of rotatable bonds is 7. The van der Waals surface area contributed by atoms with Gasteiger partial charge in [0, 0.05) is 23.5 Å². The monoisotopic (exact) mass is 397 g/mol. The van der Waals surface area contributed by atoms with Gasteiger partial charge in [-0.3, -0.25) is 9.78 Å².